The van der Waals surface area contributed by atoms with Gasteiger partial charge >= 0.3 is 0 Å². The molecule has 1 nitrogen and oxygen atoms in total. The van der Waals surface area contributed by atoms with Gasteiger partial charge in [0.1, 0.15) is 0 Å². The van der Waals surface area contributed by atoms with Gasteiger partial charge in [0, 0.05) is 13.2 Å². The highest BCUT2D eigenvalue weighted by molar-refractivity contribution is 9.11. The maximum absolute atomic E-state index is 5.20. The van der Waals surface area contributed by atoms with Crippen LogP contribution in [0.2, 0.25) is 0 Å². The fourth-order valence-corrected chi connectivity index (χ4v) is 1.44. The van der Waals surface area contributed by atoms with Crippen LogP contribution in [0.15, 0.2) is 11.1 Å². The Morgan fingerprint density at radius 2 is 2.00 bits per heavy atom. The van der Waals surface area contributed by atoms with Crippen LogP contribution in [0.1, 0.15) is 12.8 Å². The second-order valence-corrected chi connectivity index (χ2v) is 2.80. The van der Waals surface area contributed by atoms with Gasteiger partial charge in [0.15, 0.2) is 0 Å². The minimum Gasteiger partial charge on any atom is -0.381 e. The first kappa shape index (κ1) is 7.29. The fraction of sp³-hybridized carbons (Fsp3) is 0.714. The first-order valence-electron chi connectivity index (χ1n) is 3.28. The molecule has 1 aliphatic heterocycles. The van der Waals surface area contributed by atoms with Crippen molar-refractivity contribution < 1.29 is 4.74 Å². The van der Waals surface area contributed by atoms with Crippen molar-refractivity contribution in [2.45, 2.75) is 12.8 Å². The molecule has 0 aliphatic carbocycles. The molecule has 0 aromatic carbocycles. The van der Waals surface area contributed by atoms with Crippen LogP contribution in [-0.4, -0.2) is 13.2 Å². The molecular weight excluding hydrogens is 180 g/mol. The number of ether oxygens (including phenoxy) is 1. The summed E-state index contributed by atoms with van der Waals surface area (Å²) in [6.45, 7) is 1.87. The van der Waals surface area contributed by atoms with Crippen LogP contribution in [0.25, 0.3) is 0 Å². The first-order chi connectivity index (χ1) is 4.43. The average molecular weight is 191 g/mol. The molecule has 0 bridgehead atoms. The first-order valence-corrected chi connectivity index (χ1v) is 4.19. The topological polar surface area (TPSA) is 9.23 Å². The Hall–Kier alpha value is 0.180. The Bertz CT molecular complexity index is 95.1. The van der Waals surface area contributed by atoms with Crippen LogP contribution in [0, 0.1) is 5.92 Å². The molecule has 0 saturated carbocycles. The summed E-state index contributed by atoms with van der Waals surface area (Å²) in [6, 6.07) is 0. The van der Waals surface area contributed by atoms with Gasteiger partial charge in [0.2, 0.25) is 0 Å². The Labute approximate surface area is 64.2 Å². The van der Waals surface area contributed by atoms with E-state index < -0.39 is 0 Å². The number of rotatable bonds is 1. The highest BCUT2D eigenvalue weighted by Gasteiger charge is 2.08. The molecule has 1 saturated heterocycles. The van der Waals surface area contributed by atoms with Gasteiger partial charge in [0.05, 0.1) is 0 Å². The SMILES string of the molecule is Br/C=C/C1CCOCC1. The molecular formula is C7H11BrO. The Kier molecular flexibility index (Phi) is 3.30. The minimum absolute atomic E-state index is 0.748. The summed E-state index contributed by atoms with van der Waals surface area (Å²) in [5.74, 6) is 0.748. The van der Waals surface area contributed by atoms with E-state index in [9.17, 15) is 0 Å². The van der Waals surface area contributed by atoms with Crippen LogP contribution < -0.4 is 0 Å². The van der Waals surface area contributed by atoms with Crippen molar-refractivity contribution in [3.63, 3.8) is 0 Å². The predicted octanol–water partition coefficient (Wildman–Crippen LogP) is 2.32. The number of hydrogen-bond acceptors (Lipinski definition) is 1. The monoisotopic (exact) mass is 190 g/mol. The molecule has 0 atom stereocenters. The van der Waals surface area contributed by atoms with E-state index in [1.165, 1.54) is 12.8 Å². The van der Waals surface area contributed by atoms with Crippen molar-refractivity contribution in [1.82, 2.24) is 0 Å². The Morgan fingerprint density at radius 1 is 1.33 bits per heavy atom. The van der Waals surface area contributed by atoms with Gasteiger partial charge < -0.3 is 4.74 Å². The van der Waals surface area contributed by atoms with Gasteiger partial charge in [-0.05, 0) is 23.7 Å². The van der Waals surface area contributed by atoms with Gasteiger partial charge in [0.25, 0.3) is 0 Å². The predicted molar refractivity (Wildman–Crippen MR) is 41.6 cm³/mol. The van der Waals surface area contributed by atoms with Crippen LogP contribution in [0.3, 0.4) is 0 Å². The second kappa shape index (κ2) is 4.07. The highest BCUT2D eigenvalue weighted by Crippen LogP contribution is 2.15. The minimum atomic E-state index is 0.748. The molecule has 0 amide bonds. The van der Waals surface area contributed by atoms with Crippen LogP contribution in [-0.2, 0) is 4.74 Å². The van der Waals surface area contributed by atoms with Crippen LogP contribution in [0.5, 0.6) is 0 Å². The van der Waals surface area contributed by atoms with Gasteiger partial charge in [-0.3, -0.25) is 0 Å². The van der Waals surface area contributed by atoms with Crippen molar-refractivity contribution in [3.8, 4) is 0 Å². The summed E-state index contributed by atoms with van der Waals surface area (Å²) in [7, 11) is 0. The Balaban J connectivity index is 2.23. The summed E-state index contributed by atoms with van der Waals surface area (Å²) in [6.07, 6.45) is 4.56. The summed E-state index contributed by atoms with van der Waals surface area (Å²) in [4.78, 5) is 1.95. The van der Waals surface area contributed by atoms with Crippen molar-refractivity contribution in [2.75, 3.05) is 13.2 Å². The maximum atomic E-state index is 5.20. The molecule has 1 aliphatic rings. The van der Waals surface area contributed by atoms with E-state index in [0.29, 0.717) is 0 Å². The van der Waals surface area contributed by atoms with Crippen molar-refractivity contribution in [3.05, 3.63) is 11.1 Å². The molecule has 1 fully saturated rings. The number of allylic oxidation sites excluding steroid dienone is 1. The highest BCUT2D eigenvalue weighted by atomic mass is 79.9. The lowest BCUT2D eigenvalue weighted by Crippen LogP contribution is -2.13. The molecule has 9 heavy (non-hydrogen) atoms. The molecule has 0 radical (unpaired) electrons. The molecule has 2 heteroatoms. The Morgan fingerprint density at radius 3 is 2.56 bits per heavy atom. The molecule has 52 valence electrons. The van der Waals surface area contributed by atoms with E-state index in [1.54, 1.807) is 0 Å². The van der Waals surface area contributed by atoms with Gasteiger partial charge in [-0.25, -0.2) is 0 Å². The van der Waals surface area contributed by atoms with Crippen LogP contribution in [0.4, 0.5) is 0 Å². The van der Waals surface area contributed by atoms with Gasteiger partial charge in [-0.15, -0.1) is 0 Å². The normalized spacial score (nSPS) is 23.2. The van der Waals surface area contributed by atoms with E-state index in [2.05, 4.69) is 22.0 Å². The van der Waals surface area contributed by atoms with Gasteiger partial charge in [-0.2, -0.15) is 0 Å². The number of hydrogen-bond donors (Lipinski definition) is 0. The average Bonchev–Trinajstić information content (AvgIpc) is 1.91. The zero-order valence-corrected chi connectivity index (χ0v) is 6.93. The zero-order chi connectivity index (χ0) is 6.53. The lowest BCUT2D eigenvalue weighted by Gasteiger charge is -2.17. The summed E-state index contributed by atoms with van der Waals surface area (Å²) in [5.41, 5.74) is 0. The molecule has 0 spiro atoms. The molecule has 0 aromatic heterocycles. The van der Waals surface area contributed by atoms with Crippen molar-refractivity contribution in [1.29, 1.82) is 0 Å². The van der Waals surface area contributed by atoms with Crippen LogP contribution >= 0.6 is 15.9 Å². The van der Waals surface area contributed by atoms with E-state index in [0.717, 1.165) is 19.1 Å². The fourth-order valence-electron chi connectivity index (χ4n) is 1.01. The lowest BCUT2D eigenvalue weighted by atomic mass is 10.0. The third-order valence-electron chi connectivity index (χ3n) is 1.61. The summed E-state index contributed by atoms with van der Waals surface area (Å²) >= 11 is 3.26. The standard InChI is InChI=1S/C7H11BrO/c8-4-1-7-2-5-9-6-3-7/h1,4,7H,2-3,5-6H2/b4-1+. The molecule has 0 N–H and O–H groups in total. The maximum Gasteiger partial charge on any atom is 0.0471 e. The molecule has 0 aromatic rings. The zero-order valence-electron chi connectivity index (χ0n) is 5.35. The summed E-state index contributed by atoms with van der Waals surface area (Å²) in [5, 5.41) is 0. The third-order valence-corrected chi connectivity index (χ3v) is 1.92. The van der Waals surface area contributed by atoms with E-state index in [4.69, 9.17) is 4.74 Å². The quantitative estimate of drug-likeness (QED) is 0.617. The molecule has 1 rings (SSSR count). The lowest BCUT2D eigenvalue weighted by molar-refractivity contribution is 0.0786. The number of halogens is 1. The third kappa shape index (κ3) is 2.50. The second-order valence-electron chi connectivity index (χ2n) is 2.27. The molecule has 1 heterocycles. The summed E-state index contributed by atoms with van der Waals surface area (Å²) < 4.78 is 5.20. The van der Waals surface area contributed by atoms with E-state index in [-0.39, 0.29) is 0 Å². The van der Waals surface area contributed by atoms with Crippen molar-refractivity contribution >= 4 is 15.9 Å². The molecule has 0 unspecified atom stereocenters. The largest absolute Gasteiger partial charge is 0.381 e. The van der Waals surface area contributed by atoms with E-state index >= 15 is 0 Å². The van der Waals surface area contributed by atoms with Gasteiger partial charge in [-0.1, -0.05) is 22.0 Å². The smallest absolute Gasteiger partial charge is 0.0471 e. The van der Waals surface area contributed by atoms with Crippen molar-refractivity contribution in [2.24, 2.45) is 5.92 Å². The van der Waals surface area contributed by atoms with E-state index in [1.807, 2.05) is 4.99 Å².